The van der Waals surface area contributed by atoms with E-state index < -0.39 is 0 Å². The van der Waals surface area contributed by atoms with E-state index in [2.05, 4.69) is 66.6 Å². The van der Waals surface area contributed by atoms with Crippen LogP contribution >= 0.6 is 11.3 Å². The third-order valence-electron chi connectivity index (χ3n) is 3.25. The van der Waals surface area contributed by atoms with Crippen LogP contribution in [0.25, 0.3) is 0 Å². The molecule has 1 heterocycles. The second-order valence-corrected chi connectivity index (χ2v) is 5.67. The van der Waals surface area contributed by atoms with Gasteiger partial charge in [0, 0.05) is 5.92 Å². The summed E-state index contributed by atoms with van der Waals surface area (Å²) in [5, 5.41) is 14.3. The molecule has 2 rings (SSSR count). The number of aromatic nitrogens is 2. The highest BCUT2D eigenvalue weighted by molar-refractivity contribution is 7.11. The van der Waals surface area contributed by atoms with Gasteiger partial charge in [-0.15, -0.1) is 10.2 Å². The minimum Gasteiger partial charge on any atom is -0.308 e. The first-order chi connectivity index (χ1) is 9.26. The largest absolute Gasteiger partial charge is 0.308 e. The summed E-state index contributed by atoms with van der Waals surface area (Å²) in [6, 6.07) is 10.8. The maximum absolute atomic E-state index is 4.40. The Kier molecular flexibility index (Phi) is 5.05. The van der Waals surface area contributed by atoms with Gasteiger partial charge in [-0.1, -0.05) is 55.5 Å². The van der Waals surface area contributed by atoms with Crippen LogP contribution in [0.2, 0.25) is 0 Å². The molecule has 2 unspecified atom stereocenters. The molecule has 1 aromatic heterocycles. The second kappa shape index (κ2) is 6.78. The number of hydrogen-bond donors (Lipinski definition) is 1. The van der Waals surface area contributed by atoms with Gasteiger partial charge in [-0.25, -0.2) is 0 Å². The number of nitrogens with one attached hydrogen (secondary N) is 1. The van der Waals surface area contributed by atoms with Crippen LogP contribution in [0, 0.1) is 0 Å². The standard InChI is InChI=1S/C15H21N3S/c1-4-13(12-9-7-6-8-10-12)15-18-17-14(19-15)11(3)16-5-2/h6-11,13,16H,4-5H2,1-3H3. The molecule has 4 heteroatoms. The van der Waals surface area contributed by atoms with Crippen molar-refractivity contribution in [1.82, 2.24) is 15.5 Å². The number of benzene rings is 1. The minimum atomic E-state index is 0.282. The van der Waals surface area contributed by atoms with E-state index in [0.29, 0.717) is 5.92 Å². The summed E-state index contributed by atoms with van der Waals surface area (Å²) in [7, 11) is 0. The fourth-order valence-electron chi connectivity index (χ4n) is 2.19. The van der Waals surface area contributed by atoms with Crippen molar-refractivity contribution in [2.24, 2.45) is 0 Å². The molecule has 0 aliphatic carbocycles. The van der Waals surface area contributed by atoms with E-state index in [-0.39, 0.29) is 6.04 Å². The summed E-state index contributed by atoms with van der Waals surface area (Å²) in [5.74, 6) is 0.362. The van der Waals surface area contributed by atoms with Gasteiger partial charge in [-0.2, -0.15) is 0 Å². The highest BCUT2D eigenvalue weighted by Gasteiger charge is 2.18. The molecule has 2 atom stereocenters. The summed E-state index contributed by atoms with van der Waals surface area (Å²) in [6.45, 7) is 7.40. The topological polar surface area (TPSA) is 37.8 Å². The molecule has 0 spiro atoms. The van der Waals surface area contributed by atoms with E-state index in [9.17, 15) is 0 Å². The van der Waals surface area contributed by atoms with Gasteiger partial charge in [0.25, 0.3) is 0 Å². The number of nitrogens with zero attached hydrogens (tertiary/aromatic N) is 2. The predicted molar refractivity (Wildman–Crippen MR) is 80.6 cm³/mol. The number of rotatable bonds is 6. The van der Waals surface area contributed by atoms with Crippen molar-refractivity contribution >= 4 is 11.3 Å². The summed E-state index contributed by atoms with van der Waals surface area (Å²) in [6.07, 6.45) is 1.05. The van der Waals surface area contributed by atoms with Crippen LogP contribution in [0.4, 0.5) is 0 Å². The van der Waals surface area contributed by atoms with Crippen molar-refractivity contribution in [1.29, 1.82) is 0 Å². The summed E-state index contributed by atoms with van der Waals surface area (Å²) in [5.41, 5.74) is 1.32. The van der Waals surface area contributed by atoms with Crippen molar-refractivity contribution < 1.29 is 0 Å². The Morgan fingerprint density at radius 2 is 1.79 bits per heavy atom. The molecule has 1 N–H and O–H groups in total. The van der Waals surface area contributed by atoms with Crippen LogP contribution in [0.5, 0.6) is 0 Å². The normalized spacial score (nSPS) is 14.3. The molecule has 102 valence electrons. The quantitative estimate of drug-likeness (QED) is 0.872. The van der Waals surface area contributed by atoms with Crippen LogP contribution in [-0.4, -0.2) is 16.7 Å². The van der Waals surface area contributed by atoms with Gasteiger partial charge in [0.05, 0.1) is 6.04 Å². The Hall–Kier alpha value is -1.26. The van der Waals surface area contributed by atoms with Crippen molar-refractivity contribution in [2.75, 3.05) is 6.54 Å². The molecular weight excluding hydrogens is 254 g/mol. The van der Waals surface area contributed by atoms with Gasteiger partial charge in [-0.05, 0) is 25.5 Å². The molecule has 0 aliphatic rings. The smallest absolute Gasteiger partial charge is 0.134 e. The molecule has 0 aliphatic heterocycles. The zero-order valence-electron chi connectivity index (χ0n) is 11.8. The van der Waals surface area contributed by atoms with Gasteiger partial charge >= 0.3 is 0 Å². The maximum Gasteiger partial charge on any atom is 0.134 e. The zero-order valence-corrected chi connectivity index (χ0v) is 12.6. The van der Waals surface area contributed by atoms with Gasteiger partial charge in [0.1, 0.15) is 10.0 Å². The van der Waals surface area contributed by atoms with Gasteiger partial charge < -0.3 is 5.32 Å². The monoisotopic (exact) mass is 275 g/mol. The zero-order chi connectivity index (χ0) is 13.7. The molecule has 3 nitrogen and oxygen atoms in total. The van der Waals surface area contributed by atoms with Gasteiger partial charge in [-0.3, -0.25) is 0 Å². The molecule has 19 heavy (non-hydrogen) atoms. The lowest BCUT2D eigenvalue weighted by molar-refractivity contribution is 0.589. The summed E-state index contributed by atoms with van der Waals surface area (Å²) < 4.78 is 0. The van der Waals surface area contributed by atoms with E-state index in [1.165, 1.54) is 5.56 Å². The molecule has 0 amide bonds. The fourth-order valence-corrected chi connectivity index (χ4v) is 3.28. The van der Waals surface area contributed by atoms with E-state index in [1.54, 1.807) is 11.3 Å². The molecule has 1 aromatic carbocycles. The van der Waals surface area contributed by atoms with E-state index >= 15 is 0 Å². The average molecular weight is 275 g/mol. The first kappa shape index (κ1) is 14.2. The Labute approximate surface area is 119 Å². The SMILES string of the molecule is CCNC(C)c1nnc(C(CC)c2ccccc2)s1. The molecule has 0 radical (unpaired) electrons. The first-order valence-corrected chi connectivity index (χ1v) is 7.69. The third-order valence-corrected chi connectivity index (χ3v) is 4.46. The summed E-state index contributed by atoms with van der Waals surface area (Å²) >= 11 is 1.72. The fraction of sp³-hybridized carbons (Fsp3) is 0.467. The third kappa shape index (κ3) is 3.39. The van der Waals surface area contributed by atoms with Crippen LogP contribution in [-0.2, 0) is 0 Å². The van der Waals surface area contributed by atoms with Gasteiger partial charge in [0.2, 0.25) is 0 Å². The highest BCUT2D eigenvalue weighted by atomic mass is 32.1. The van der Waals surface area contributed by atoms with Crippen LogP contribution in [0.15, 0.2) is 30.3 Å². The highest BCUT2D eigenvalue weighted by Crippen LogP contribution is 2.31. The maximum atomic E-state index is 4.40. The molecule has 0 saturated carbocycles. The van der Waals surface area contributed by atoms with Crippen molar-refractivity contribution in [2.45, 2.75) is 39.2 Å². The van der Waals surface area contributed by atoms with Crippen LogP contribution in [0.1, 0.15) is 54.7 Å². The lowest BCUT2D eigenvalue weighted by Gasteiger charge is -2.11. The molecule has 0 saturated heterocycles. The number of hydrogen-bond acceptors (Lipinski definition) is 4. The van der Waals surface area contributed by atoms with E-state index in [0.717, 1.165) is 23.0 Å². The van der Waals surface area contributed by atoms with E-state index in [4.69, 9.17) is 0 Å². The molecular formula is C15H21N3S. The summed E-state index contributed by atoms with van der Waals surface area (Å²) in [4.78, 5) is 0. The van der Waals surface area contributed by atoms with Crippen LogP contribution < -0.4 is 5.32 Å². The Bertz CT molecular complexity index is 495. The van der Waals surface area contributed by atoms with E-state index in [1.807, 2.05) is 0 Å². The molecule has 0 bridgehead atoms. The lowest BCUT2D eigenvalue weighted by atomic mass is 9.97. The Balaban J connectivity index is 2.21. The minimum absolute atomic E-state index is 0.282. The van der Waals surface area contributed by atoms with Crippen molar-refractivity contribution in [3.8, 4) is 0 Å². The Morgan fingerprint density at radius 1 is 1.11 bits per heavy atom. The Morgan fingerprint density at radius 3 is 2.42 bits per heavy atom. The first-order valence-electron chi connectivity index (χ1n) is 6.87. The molecule has 2 aromatic rings. The predicted octanol–water partition coefficient (Wildman–Crippen LogP) is 3.75. The molecule has 0 fully saturated rings. The van der Waals surface area contributed by atoms with Crippen molar-refractivity contribution in [3.05, 3.63) is 45.9 Å². The second-order valence-electron chi connectivity index (χ2n) is 4.63. The van der Waals surface area contributed by atoms with Crippen molar-refractivity contribution in [3.63, 3.8) is 0 Å². The van der Waals surface area contributed by atoms with Crippen LogP contribution in [0.3, 0.4) is 0 Å². The van der Waals surface area contributed by atoms with Gasteiger partial charge in [0.15, 0.2) is 0 Å². The lowest BCUT2D eigenvalue weighted by Crippen LogP contribution is -2.17. The average Bonchev–Trinajstić information content (AvgIpc) is 2.91.